The predicted molar refractivity (Wildman–Crippen MR) is 115 cm³/mol. The van der Waals surface area contributed by atoms with Gasteiger partial charge in [0.15, 0.2) is 0 Å². The van der Waals surface area contributed by atoms with Crippen molar-refractivity contribution in [1.29, 1.82) is 0 Å². The van der Waals surface area contributed by atoms with E-state index >= 15 is 0 Å². The maximum Gasteiger partial charge on any atom is 0.230 e. The van der Waals surface area contributed by atoms with Gasteiger partial charge in [-0.25, -0.2) is 0 Å². The Labute approximate surface area is 170 Å². The number of hydrogen-bond acceptors (Lipinski definition) is 3. The average molecular weight is 395 g/mol. The van der Waals surface area contributed by atoms with Gasteiger partial charge >= 0.3 is 0 Å². The maximum absolute atomic E-state index is 12.5. The van der Waals surface area contributed by atoms with Crippen LogP contribution in [0.25, 0.3) is 0 Å². The first kappa shape index (κ1) is 19.1. The zero-order valence-electron chi connectivity index (χ0n) is 16.4. The number of carbonyl (C=O) groups is 2. The average Bonchev–Trinajstić information content (AvgIpc) is 3.42. The number of anilines is 2. The lowest BCUT2D eigenvalue weighted by Crippen LogP contribution is -2.30. The summed E-state index contributed by atoms with van der Waals surface area (Å²) in [7, 11) is 0. The third-order valence-electron chi connectivity index (χ3n) is 5.12. The summed E-state index contributed by atoms with van der Waals surface area (Å²) >= 11 is 1.82. The predicted octanol–water partition coefficient (Wildman–Crippen LogP) is 4.67. The van der Waals surface area contributed by atoms with Gasteiger partial charge in [-0.1, -0.05) is 32.0 Å². The Morgan fingerprint density at radius 1 is 1.14 bits per heavy atom. The minimum Gasteiger partial charge on any atom is -0.326 e. The highest BCUT2D eigenvalue weighted by molar-refractivity contribution is 7.99. The normalized spacial score (nSPS) is 15.6. The standard InChI is InChI=1S/C23H26N2O2S/c1-15(2)28-20-9-3-16(4-10-20)13-22(26)24-19-8-7-17-11-12-25(21(17)14-19)23(27)18-5-6-18/h3-4,7-10,14-15,18H,5-6,11-13H2,1-2H3,(H,24,26). The van der Waals surface area contributed by atoms with E-state index in [1.165, 1.54) is 10.5 Å². The van der Waals surface area contributed by atoms with E-state index in [0.717, 1.165) is 42.7 Å². The quantitative estimate of drug-likeness (QED) is 0.725. The molecule has 1 saturated carbocycles. The van der Waals surface area contributed by atoms with Crippen LogP contribution in [-0.2, 0) is 22.4 Å². The van der Waals surface area contributed by atoms with Gasteiger partial charge in [0.2, 0.25) is 11.8 Å². The molecule has 0 atom stereocenters. The summed E-state index contributed by atoms with van der Waals surface area (Å²) in [6, 6.07) is 14.1. The van der Waals surface area contributed by atoms with Crippen molar-refractivity contribution in [2.45, 2.75) is 49.7 Å². The molecule has 28 heavy (non-hydrogen) atoms. The summed E-state index contributed by atoms with van der Waals surface area (Å²) in [5.41, 5.74) is 3.90. The number of carbonyl (C=O) groups excluding carboxylic acids is 2. The van der Waals surface area contributed by atoms with Crippen LogP contribution in [0.1, 0.15) is 37.8 Å². The van der Waals surface area contributed by atoms with Crippen LogP contribution in [-0.4, -0.2) is 23.6 Å². The van der Waals surface area contributed by atoms with E-state index < -0.39 is 0 Å². The summed E-state index contributed by atoms with van der Waals surface area (Å²) in [4.78, 5) is 28.1. The van der Waals surface area contributed by atoms with Crippen LogP contribution in [0, 0.1) is 5.92 Å². The summed E-state index contributed by atoms with van der Waals surface area (Å²) in [6.45, 7) is 5.09. The van der Waals surface area contributed by atoms with Gasteiger partial charge in [-0.15, -0.1) is 11.8 Å². The van der Waals surface area contributed by atoms with E-state index in [-0.39, 0.29) is 17.7 Å². The fourth-order valence-electron chi connectivity index (χ4n) is 3.59. The maximum atomic E-state index is 12.5. The molecule has 4 rings (SSSR count). The molecule has 1 aliphatic heterocycles. The zero-order chi connectivity index (χ0) is 19.7. The molecular weight excluding hydrogens is 368 g/mol. The highest BCUT2D eigenvalue weighted by atomic mass is 32.2. The van der Waals surface area contributed by atoms with Crippen molar-refractivity contribution in [1.82, 2.24) is 0 Å². The van der Waals surface area contributed by atoms with E-state index in [4.69, 9.17) is 0 Å². The number of fused-ring (bicyclic) bond motifs is 1. The fourth-order valence-corrected chi connectivity index (χ4v) is 4.42. The monoisotopic (exact) mass is 394 g/mol. The van der Waals surface area contributed by atoms with Gasteiger partial charge in [-0.3, -0.25) is 9.59 Å². The van der Waals surface area contributed by atoms with Crippen LogP contribution in [0.15, 0.2) is 47.4 Å². The Balaban J connectivity index is 1.39. The van der Waals surface area contributed by atoms with Crippen LogP contribution >= 0.6 is 11.8 Å². The Morgan fingerprint density at radius 2 is 1.89 bits per heavy atom. The molecule has 2 aromatic carbocycles. The second kappa shape index (κ2) is 8.00. The van der Waals surface area contributed by atoms with Crippen LogP contribution in [0.4, 0.5) is 11.4 Å². The van der Waals surface area contributed by atoms with Crippen LogP contribution in [0.5, 0.6) is 0 Å². The second-order valence-corrected chi connectivity index (χ2v) is 9.54. The van der Waals surface area contributed by atoms with Crippen LogP contribution < -0.4 is 10.2 Å². The molecule has 0 aromatic heterocycles. The molecule has 4 nitrogen and oxygen atoms in total. The molecule has 1 fully saturated rings. The molecule has 2 amide bonds. The van der Waals surface area contributed by atoms with Gasteiger partial charge in [0.25, 0.3) is 0 Å². The van der Waals surface area contributed by atoms with E-state index in [2.05, 4.69) is 31.3 Å². The highest BCUT2D eigenvalue weighted by Crippen LogP contribution is 2.37. The van der Waals surface area contributed by atoms with Crippen molar-refractivity contribution >= 4 is 35.0 Å². The molecule has 5 heteroatoms. The van der Waals surface area contributed by atoms with Gasteiger partial charge in [0.1, 0.15) is 0 Å². The van der Waals surface area contributed by atoms with Crippen LogP contribution in [0.2, 0.25) is 0 Å². The van der Waals surface area contributed by atoms with Gasteiger partial charge < -0.3 is 10.2 Å². The second-order valence-electron chi connectivity index (χ2n) is 7.89. The minimum atomic E-state index is -0.0396. The van der Waals surface area contributed by atoms with E-state index in [9.17, 15) is 9.59 Å². The zero-order valence-corrected chi connectivity index (χ0v) is 17.2. The molecule has 1 heterocycles. The SMILES string of the molecule is CC(C)Sc1ccc(CC(=O)Nc2ccc3c(c2)N(C(=O)C2CC2)CC3)cc1. The molecule has 0 bridgehead atoms. The lowest BCUT2D eigenvalue weighted by atomic mass is 10.1. The Bertz CT molecular complexity index is 888. The van der Waals surface area contributed by atoms with E-state index in [0.29, 0.717) is 11.7 Å². The number of rotatable bonds is 6. The van der Waals surface area contributed by atoms with Gasteiger partial charge in [-0.2, -0.15) is 0 Å². The number of amides is 2. The first-order valence-corrected chi connectivity index (χ1v) is 10.9. The number of benzene rings is 2. The lowest BCUT2D eigenvalue weighted by molar-refractivity contribution is -0.119. The topological polar surface area (TPSA) is 49.4 Å². The first-order valence-electron chi connectivity index (χ1n) is 9.99. The lowest BCUT2D eigenvalue weighted by Gasteiger charge is -2.18. The molecule has 0 saturated heterocycles. The third kappa shape index (κ3) is 4.41. The smallest absolute Gasteiger partial charge is 0.230 e. The number of nitrogens with one attached hydrogen (secondary N) is 1. The Kier molecular flexibility index (Phi) is 5.44. The number of hydrogen-bond donors (Lipinski definition) is 1. The first-order chi connectivity index (χ1) is 13.5. The van der Waals surface area contributed by atoms with Crippen molar-refractivity contribution in [3.8, 4) is 0 Å². The van der Waals surface area contributed by atoms with Gasteiger partial charge in [0, 0.05) is 34.0 Å². The third-order valence-corrected chi connectivity index (χ3v) is 6.13. The van der Waals surface area contributed by atoms with Gasteiger partial charge in [0.05, 0.1) is 6.42 Å². The molecule has 1 aliphatic carbocycles. The van der Waals surface area contributed by atoms with Crippen molar-refractivity contribution < 1.29 is 9.59 Å². The molecule has 0 unspecified atom stereocenters. The van der Waals surface area contributed by atoms with E-state index in [1.807, 2.05) is 47.0 Å². The highest BCUT2D eigenvalue weighted by Gasteiger charge is 2.36. The number of thioether (sulfide) groups is 1. The van der Waals surface area contributed by atoms with Crippen molar-refractivity contribution in [2.75, 3.05) is 16.8 Å². The van der Waals surface area contributed by atoms with Crippen molar-refractivity contribution in [3.63, 3.8) is 0 Å². The summed E-state index contributed by atoms with van der Waals surface area (Å²) in [5, 5.41) is 3.53. The van der Waals surface area contributed by atoms with Crippen molar-refractivity contribution in [3.05, 3.63) is 53.6 Å². The van der Waals surface area contributed by atoms with Crippen LogP contribution in [0.3, 0.4) is 0 Å². The summed E-state index contributed by atoms with van der Waals surface area (Å²) < 4.78 is 0. The Morgan fingerprint density at radius 3 is 2.57 bits per heavy atom. The summed E-state index contributed by atoms with van der Waals surface area (Å²) in [5.74, 6) is 0.407. The molecule has 1 N–H and O–H groups in total. The molecule has 2 aromatic rings. The molecule has 146 valence electrons. The van der Waals surface area contributed by atoms with E-state index in [1.54, 1.807) is 0 Å². The fraction of sp³-hybridized carbons (Fsp3) is 0.391. The summed E-state index contributed by atoms with van der Waals surface area (Å²) in [6.07, 6.45) is 3.25. The minimum absolute atomic E-state index is 0.0396. The van der Waals surface area contributed by atoms with Gasteiger partial charge in [-0.05, 0) is 54.7 Å². The Hall–Kier alpha value is -2.27. The molecule has 0 radical (unpaired) electrons. The molecule has 2 aliphatic rings. The number of nitrogens with zero attached hydrogens (tertiary/aromatic N) is 1. The molecular formula is C23H26N2O2S. The molecule has 0 spiro atoms. The van der Waals surface area contributed by atoms with Crippen molar-refractivity contribution in [2.24, 2.45) is 5.92 Å². The largest absolute Gasteiger partial charge is 0.326 e.